The number of carbonyl (C=O) groups excluding carboxylic acids is 1. The summed E-state index contributed by atoms with van der Waals surface area (Å²) in [5.74, 6) is 0. The molecule has 1 unspecified atom stereocenters. The topological polar surface area (TPSA) is 56.4 Å². The number of para-hydroxylation sites is 1. The van der Waals surface area contributed by atoms with Gasteiger partial charge < -0.3 is 19.0 Å². The summed E-state index contributed by atoms with van der Waals surface area (Å²) in [6.07, 6.45) is 2.77. The van der Waals surface area contributed by atoms with E-state index in [1.54, 1.807) is 0 Å². The van der Waals surface area contributed by atoms with Crippen LogP contribution in [0.2, 0.25) is 0 Å². The first-order valence-electron chi connectivity index (χ1n) is 8.52. The van der Waals surface area contributed by atoms with Crippen molar-refractivity contribution in [3.8, 4) is 0 Å². The van der Waals surface area contributed by atoms with Gasteiger partial charge >= 0.3 is 0 Å². The van der Waals surface area contributed by atoms with Gasteiger partial charge in [-0.25, -0.2) is 0 Å². The van der Waals surface area contributed by atoms with Gasteiger partial charge in [0.2, 0.25) is 0 Å². The summed E-state index contributed by atoms with van der Waals surface area (Å²) in [7, 11) is 0. The number of carbonyl (C=O) groups is 1. The number of hydrogen-bond donors (Lipinski definition) is 1. The van der Waals surface area contributed by atoms with Gasteiger partial charge in [0.1, 0.15) is 0 Å². The molecule has 3 heterocycles. The molecule has 0 amide bonds. The van der Waals surface area contributed by atoms with Crippen molar-refractivity contribution >= 4 is 39.0 Å². The Balaban J connectivity index is 1.90. The molecule has 2 aromatic carbocycles. The van der Waals surface area contributed by atoms with Crippen LogP contribution in [0.4, 0.5) is 0 Å². The summed E-state index contributed by atoms with van der Waals surface area (Å²) in [5, 5.41) is 12.5. The fourth-order valence-electron chi connectivity index (χ4n) is 4.19. The standard InChI is InChI=1S/C20H18N2O3/c23-7-8-25-14-10-21-9-13(12-24)15-5-6-17-16-3-1-2-4-18(16)22(11-14)20(17)19(15)21/h1-6,9,12,14,23H,7-8,10-11H2. The van der Waals surface area contributed by atoms with Gasteiger partial charge in [-0.05, 0) is 6.07 Å². The summed E-state index contributed by atoms with van der Waals surface area (Å²) in [6, 6.07) is 12.5. The van der Waals surface area contributed by atoms with E-state index in [-0.39, 0.29) is 12.7 Å². The number of aldehydes is 1. The minimum absolute atomic E-state index is 0.00592. The van der Waals surface area contributed by atoms with E-state index in [4.69, 9.17) is 9.84 Å². The highest BCUT2D eigenvalue weighted by Gasteiger charge is 2.24. The monoisotopic (exact) mass is 334 g/mol. The third-order valence-electron chi connectivity index (χ3n) is 5.16. The first kappa shape index (κ1) is 14.7. The lowest BCUT2D eigenvalue weighted by Crippen LogP contribution is -2.25. The van der Waals surface area contributed by atoms with E-state index in [9.17, 15) is 4.79 Å². The van der Waals surface area contributed by atoms with E-state index in [1.807, 2.05) is 18.3 Å². The molecule has 1 atom stereocenters. The van der Waals surface area contributed by atoms with Crippen molar-refractivity contribution in [2.24, 2.45) is 0 Å². The fraction of sp³-hybridized carbons (Fsp3) is 0.250. The maximum Gasteiger partial charge on any atom is 0.152 e. The zero-order valence-electron chi connectivity index (χ0n) is 13.7. The Morgan fingerprint density at radius 1 is 1.08 bits per heavy atom. The van der Waals surface area contributed by atoms with E-state index in [1.165, 1.54) is 16.3 Å². The van der Waals surface area contributed by atoms with Gasteiger partial charge in [-0.15, -0.1) is 0 Å². The second-order valence-corrected chi connectivity index (χ2v) is 6.56. The SMILES string of the molecule is O=Cc1cn2c3c1ccc1c4ccccc4n(c13)CC(OCCO)C2. The molecule has 1 N–H and O–H groups in total. The molecule has 5 nitrogen and oxygen atoms in total. The molecule has 1 aliphatic heterocycles. The van der Waals surface area contributed by atoms with E-state index in [0.29, 0.717) is 18.7 Å². The van der Waals surface area contributed by atoms with Crippen molar-refractivity contribution < 1.29 is 14.6 Å². The van der Waals surface area contributed by atoms with Crippen LogP contribution < -0.4 is 0 Å². The van der Waals surface area contributed by atoms with Crippen molar-refractivity contribution in [2.45, 2.75) is 19.2 Å². The zero-order valence-corrected chi connectivity index (χ0v) is 13.7. The van der Waals surface area contributed by atoms with E-state index >= 15 is 0 Å². The first-order chi connectivity index (χ1) is 12.3. The lowest BCUT2D eigenvalue weighted by Gasteiger charge is -2.17. The number of aromatic nitrogens is 2. The number of aliphatic hydroxyl groups is 1. The molecular formula is C20H18N2O3. The Bertz CT molecular complexity index is 1120. The number of fused-ring (bicyclic) bond motifs is 3. The molecule has 5 heteroatoms. The zero-order chi connectivity index (χ0) is 17.0. The lowest BCUT2D eigenvalue weighted by atomic mass is 10.1. The molecule has 5 rings (SSSR count). The van der Waals surface area contributed by atoms with E-state index < -0.39 is 0 Å². The van der Waals surface area contributed by atoms with Crippen LogP contribution in [0, 0.1) is 0 Å². The molecular weight excluding hydrogens is 316 g/mol. The van der Waals surface area contributed by atoms with Crippen LogP contribution in [0.3, 0.4) is 0 Å². The van der Waals surface area contributed by atoms with E-state index in [0.717, 1.165) is 29.3 Å². The number of ether oxygens (including phenoxy) is 1. The van der Waals surface area contributed by atoms with Gasteiger partial charge in [0, 0.05) is 33.4 Å². The largest absolute Gasteiger partial charge is 0.394 e. The smallest absolute Gasteiger partial charge is 0.152 e. The lowest BCUT2D eigenvalue weighted by molar-refractivity contribution is 0.0126. The van der Waals surface area contributed by atoms with Crippen LogP contribution >= 0.6 is 0 Å². The highest BCUT2D eigenvalue weighted by atomic mass is 16.5. The quantitative estimate of drug-likeness (QED) is 0.584. The Kier molecular flexibility index (Phi) is 3.20. The van der Waals surface area contributed by atoms with Gasteiger partial charge in [0.15, 0.2) is 6.29 Å². The van der Waals surface area contributed by atoms with Crippen molar-refractivity contribution in [1.82, 2.24) is 9.13 Å². The highest BCUT2D eigenvalue weighted by Crippen LogP contribution is 2.37. The summed E-state index contributed by atoms with van der Waals surface area (Å²) in [6.45, 7) is 1.71. The van der Waals surface area contributed by atoms with Crippen LogP contribution in [0.15, 0.2) is 42.6 Å². The molecule has 0 saturated carbocycles. The van der Waals surface area contributed by atoms with Gasteiger partial charge in [0.25, 0.3) is 0 Å². The van der Waals surface area contributed by atoms with Crippen LogP contribution in [0.1, 0.15) is 10.4 Å². The Labute approximate surface area is 144 Å². The average Bonchev–Trinajstić information content (AvgIpc) is 3.10. The molecule has 1 aliphatic rings. The Morgan fingerprint density at radius 2 is 1.92 bits per heavy atom. The maximum atomic E-state index is 11.5. The van der Waals surface area contributed by atoms with Crippen molar-refractivity contribution in [2.75, 3.05) is 13.2 Å². The van der Waals surface area contributed by atoms with Crippen molar-refractivity contribution in [3.63, 3.8) is 0 Å². The molecule has 0 radical (unpaired) electrons. The first-order valence-corrected chi connectivity index (χ1v) is 8.52. The summed E-state index contributed by atoms with van der Waals surface area (Å²) in [4.78, 5) is 11.5. The number of rotatable bonds is 4. The van der Waals surface area contributed by atoms with Crippen LogP contribution in [0.5, 0.6) is 0 Å². The van der Waals surface area contributed by atoms with Crippen LogP contribution in [-0.4, -0.2) is 39.8 Å². The third-order valence-corrected chi connectivity index (χ3v) is 5.16. The van der Waals surface area contributed by atoms with Crippen molar-refractivity contribution in [1.29, 1.82) is 0 Å². The van der Waals surface area contributed by atoms with E-state index in [2.05, 4.69) is 33.4 Å². The minimum atomic E-state index is -0.0614. The molecule has 0 bridgehead atoms. The second-order valence-electron chi connectivity index (χ2n) is 6.56. The summed E-state index contributed by atoms with van der Waals surface area (Å²) < 4.78 is 10.3. The number of nitrogens with zero attached hydrogens (tertiary/aromatic N) is 2. The van der Waals surface area contributed by atoms with Crippen molar-refractivity contribution in [3.05, 3.63) is 48.2 Å². The van der Waals surface area contributed by atoms with Gasteiger partial charge in [-0.1, -0.05) is 30.3 Å². The molecule has 0 aliphatic carbocycles. The number of aliphatic hydroxyl groups excluding tert-OH is 1. The molecule has 25 heavy (non-hydrogen) atoms. The fourth-order valence-corrected chi connectivity index (χ4v) is 4.19. The molecule has 0 fully saturated rings. The molecule has 0 saturated heterocycles. The summed E-state index contributed by atoms with van der Waals surface area (Å²) in [5.41, 5.74) is 4.12. The second kappa shape index (κ2) is 5.44. The number of hydrogen-bond acceptors (Lipinski definition) is 3. The predicted octanol–water partition coefficient (Wildman–Crippen LogP) is 2.95. The average molecular weight is 334 g/mol. The van der Waals surface area contributed by atoms with Crippen LogP contribution in [-0.2, 0) is 17.8 Å². The maximum absolute atomic E-state index is 11.5. The third kappa shape index (κ3) is 2.00. The normalized spacial score (nSPS) is 16.9. The number of benzene rings is 2. The molecule has 0 spiro atoms. The van der Waals surface area contributed by atoms with Gasteiger partial charge in [-0.2, -0.15) is 0 Å². The molecule has 126 valence electrons. The Hall–Kier alpha value is -2.63. The highest BCUT2D eigenvalue weighted by molar-refractivity contribution is 6.19. The summed E-state index contributed by atoms with van der Waals surface area (Å²) >= 11 is 0. The van der Waals surface area contributed by atoms with Crippen LogP contribution in [0.25, 0.3) is 32.7 Å². The Morgan fingerprint density at radius 3 is 2.76 bits per heavy atom. The van der Waals surface area contributed by atoms with Gasteiger partial charge in [0.05, 0.1) is 43.4 Å². The minimum Gasteiger partial charge on any atom is -0.394 e. The van der Waals surface area contributed by atoms with Gasteiger partial charge in [-0.3, -0.25) is 4.79 Å². The molecule has 4 aromatic rings. The predicted molar refractivity (Wildman–Crippen MR) is 97.2 cm³/mol. The molecule has 2 aromatic heterocycles.